The summed E-state index contributed by atoms with van der Waals surface area (Å²) in [6.45, 7) is 0.897. The van der Waals surface area contributed by atoms with Crippen molar-refractivity contribution in [1.82, 2.24) is 14.5 Å². The van der Waals surface area contributed by atoms with Gasteiger partial charge in [0.25, 0.3) is 0 Å². The van der Waals surface area contributed by atoms with E-state index in [0.29, 0.717) is 5.88 Å². The molecule has 0 aliphatic heterocycles. The number of nitrogens with zero attached hydrogens (tertiary/aromatic N) is 3. The van der Waals surface area contributed by atoms with E-state index < -0.39 is 0 Å². The molecule has 0 fully saturated rings. The van der Waals surface area contributed by atoms with Crippen LogP contribution in [-0.2, 0) is 12.4 Å². The fourth-order valence-electron chi connectivity index (χ4n) is 1.55. The zero-order valence-electron chi connectivity index (χ0n) is 8.78. The molecule has 16 heavy (non-hydrogen) atoms. The van der Waals surface area contributed by atoms with E-state index in [1.807, 2.05) is 6.07 Å². The van der Waals surface area contributed by atoms with Gasteiger partial charge in [-0.2, -0.15) is 11.8 Å². The number of imidazole rings is 1. The van der Waals surface area contributed by atoms with Crippen molar-refractivity contribution in [1.29, 1.82) is 0 Å². The second kappa shape index (κ2) is 5.38. The van der Waals surface area contributed by atoms with E-state index in [1.165, 1.54) is 0 Å². The van der Waals surface area contributed by atoms with Crippen LogP contribution in [0.3, 0.4) is 0 Å². The zero-order chi connectivity index (χ0) is 11.5. The van der Waals surface area contributed by atoms with Crippen molar-refractivity contribution in [3.8, 4) is 0 Å². The van der Waals surface area contributed by atoms with Gasteiger partial charge in [0.15, 0.2) is 5.65 Å². The number of rotatable bonds is 4. The van der Waals surface area contributed by atoms with Gasteiger partial charge in [-0.3, -0.25) is 0 Å². The average molecular weight is 321 g/mol. The van der Waals surface area contributed by atoms with Crippen molar-refractivity contribution >= 4 is 50.5 Å². The van der Waals surface area contributed by atoms with E-state index >= 15 is 0 Å². The smallest absolute Gasteiger partial charge is 0.160 e. The molecule has 0 aliphatic rings. The number of fused-ring (bicyclic) bond motifs is 1. The van der Waals surface area contributed by atoms with Crippen LogP contribution in [0.1, 0.15) is 5.82 Å². The molecule has 0 unspecified atom stereocenters. The predicted molar refractivity (Wildman–Crippen MR) is 73.2 cm³/mol. The Labute approximate surface area is 112 Å². The lowest BCUT2D eigenvalue weighted by Gasteiger charge is -2.05. The molecule has 0 atom stereocenters. The third kappa shape index (κ3) is 2.36. The van der Waals surface area contributed by atoms with Gasteiger partial charge in [0.2, 0.25) is 0 Å². The van der Waals surface area contributed by atoms with Gasteiger partial charge >= 0.3 is 0 Å². The van der Waals surface area contributed by atoms with Crippen molar-refractivity contribution in [2.45, 2.75) is 12.4 Å². The fraction of sp³-hybridized carbons (Fsp3) is 0.400. The van der Waals surface area contributed by atoms with Crippen LogP contribution in [0.15, 0.2) is 16.7 Å². The molecular weight excluding hydrogens is 310 g/mol. The van der Waals surface area contributed by atoms with Crippen molar-refractivity contribution in [3.05, 3.63) is 22.6 Å². The van der Waals surface area contributed by atoms with E-state index in [4.69, 9.17) is 11.6 Å². The third-order valence-corrected chi connectivity index (χ3v) is 3.53. The Morgan fingerprint density at radius 2 is 2.38 bits per heavy atom. The Balaban J connectivity index is 2.50. The molecule has 6 heteroatoms. The van der Waals surface area contributed by atoms with Crippen LogP contribution in [0.5, 0.6) is 0 Å². The molecule has 2 heterocycles. The zero-order valence-corrected chi connectivity index (χ0v) is 11.9. The first-order valence-corrected chi connectivity index (χ1v) is 7.54. The standard InChI is InChI=1S/C10H11BrClN3S/c1-16-3-2-15-9(5-12)14-8-4-7(11)6-13-10(8)15/h4,6H,2-3,5H2,1H3. The molecule has 2 aromatic heterocycles. The number of hydrogen-bond acceptors (Lipinski definition) is 3. The molecule has 0 amide bonds. The lowest BCUT2D eigenvalue weighted by atomic mass is 10.4. The monoisotopic (exact) mass is 319 g/mol. The highest BCUT2D eigenvalue weighted by molar-refractivity contribution is 9.10. The summed E-state index contributed by atoms with van der Waals surface area (Å²) in [5.74, 6) is 2.34. The summed E-state index contributed by atoms with van der Waals surface area (Å²) < 4.78 is 3.03. The summed E-state index contributed by atoms with van der Waals surface area (Å²) in [4.78, 5) is 8.86. The van der Waals surface area contributed by atoms with E-state index in [2.05, 4.69) is 36.7 Å². The molecule has 0 radical (unpaired) electrons. The number of hydrogen-bond donors (Lipinski definition) is 0. The maximum atomic E-state index is 5.89. The molecule has 0 saturated carbocycles. The summed E-state index contributed by atoms with van der Waals surface area (Å²) in [6, 6.07) is 1.97. The lowest BCUT2D eigenvalue weighted by molar-refractivity contribution is 0.748. The van der Waals surface area contributed by atoms with Crippen molar-refractivity contribution in [2.75, 3.05) is 12.0 Å². The molecule has 0 spiro atoms. The second-order valence-electron chi connectivity index (χ2n) is 3.30. The molecule has 0 bridgehead atoms. The summed E-state index contributed by atoms with van der Waals surface area (Å²) in [7, 11) is 0. The van der Waals surface area contributed by atoms with Gasteiger partial charge < -0.3 is 4.57 Å². The maximum absolute atomic E-state index is 5.89. The maximum Gasteiger partial charge on any atom is 0.160 e. The van der Waals surface area contributed by atoms with Crippen LogP contribution < -0.4 is 0 Å². The summed E-state index contributed by atoms with van der Waals surface area (Å²) in [5, 5.41) is 0. The first-order chi connectivity index (χ1) is 7.76. The largest absolute Gasteiger partial charge is 0.311 e. The average Bonchev–Trinajstić information content (AvgIpc) is 2.63. The SMILES string of the molecule is CSCCn1c(CCl)nc2cc(Br)cnc21. The fourth-order valence-corrected chi connectivity index (χ4v) is 2.44. The Kier molecular flexibility index (Phi) is 4.10. The van der Waals surface area contributed by atoms with Crippen LogP contribution in [0.2, 0.25) is 0 Å². The molecular formula is C10H11BrClN3S. The highest BCUT2D eigenvalue weighted by atomic mass is 79.9. The van der Waals surface area contributed by atoms with Gasteiger partial charge in [0.05, 0.1) is 5.88 Å². The Hall–Kier alpha value is -0.260. The highest BCUT2D eigenvalue weighted by Crippen LogP contribution is 2.19. The molecule has 0 aliphatic carbocycles. The minimum Gasteiger partial charge on any atom is -0.311 e. The summed E-state index contributed by atoms with van der Waals surface area (Å²) >= 11 is 11.1. The van der Waals surface area contributed by atoms with Crippen LogP contribution >= 0.6 is 39.3 Å². The molecule has 0 N–H and O–H groups in total. The van der Waals surface area contributed by atoms with Gasteiger partial charge in [-0.15, -0.1) is 11.6 Å². The summed E-state index contributed by atoms with van der Waals surface area (Å²) in [5.41, 5.74) is 1.80. The van der Waals surface area contributed by atoms with Crippen molar-refractivity contribution < 1.29 is 0 Å². The first-order valence-electron chi connectivity index (χ1n) is 4.82. The molecule has 3 nitrogen and oxygen atoms in total. The number of aryl methyl sites for hydroxylation is 1. The van der Waals surface area contributed by atoms with Crippen LogP contribution in [0.25, 0.3) is 11.2 Å². The predicted octanol–water partition coefficient (Wildman–Crippen LogP) is 3.30. The Morgan fingerprint density at radius 1 is 1.56 bits per heavy atom. The molecule has 86 valence electrons. The van der Waals surface area contributed by atoms with Crippen LogP contribution in [-0.4, -0.2) is 26.5 Å². The topological polar surface area (TPSA) is 30.7 Å². The first kappa shape index (κ1) is 12.2. The molecule has 2 aromatic rings. The van der Waals surface area contributed by atoms with Gasteiger partial charge in [0, 0.05) is 23.0 Å². The second-order valence-corrected chi connectivity index (χ2v) is 5.47. The van der Waals surface area contributed by atoms with Crippen molar-refractivity contribution in [3.63, 3.8) is 0 Å². The minimum atomic E-state index is 0.419. The molecule has 2 rings (SSSR count). The van der Waals surface area contributed by atoms with Crippen LogP contribution in [0, 0.1) is 0 Å². The Bertz CT molecular complexity index is 500. The minimum absolute atomic E-state index is 0.419. The van der Waals surface area contributed by atoms with E-state index in [1.54, 1.807) is 18.0 Å². The van der Waals surface area contributed by atoms with Gasteiger partial charge in [0.1, 0.15) is 11.3 Å². The number of aromatic nitrogens is 3. The Morgan fingerprint density at radius 3 is 3.06 bits per heavy atom. The molecule has 0 aromatic carbocycles. The van der Waals surface area contributed by atoms with Gasteiger partial charge in [-0.25, -0.2) is 9.97 Å². The van der Waals surface area contributed by atoms with E-state index in [0.717, 1.165) is 33.8 Å². The third-order valence-electron chi connectivity index (χ3n) is 2.27. The van der Waals surface area contributed by atoms with E-state index in [-0.39, 0.29) is 0 Å². The van der Waals surface area contributed by atoms with Gasteiger partial charge in [-0.05, 0) is 28.3 Å². The molecule has 0 saturated heterocycles. The number of alkyl halides is 1. The number of pyridine rings is 1. The lowest BCUT2D eigenvalue weighted by Crippen LogP contribution is -2.05. The normalized spacial score (nSPS) is 11.2. The van der Waals surface area contributed by atoms with Crippen molar-refractivity contribution in [2.24, 2.45) is 0 Å². The number of halogens is 2. The van der Waals surface area contributed by atoms with E-state index in [9.17, 15) is 0 Å². The van der Waals surface area contributed by atoms with Crippen LogP contribution in [0.4, 0.5) is 0 Å². The van der Waals surface area contributed by atoms with Gasteiger partial charge in [-0.1, -0.05) is 0 Å². The highest BCUT2D eigenvalue weighted by Gasteiger charge is 2.10. The quantitative estimate of drug-likeness (QED) is 0.810. The summed E-state index contributed by atoms with van der Waals surface area (Å²) in [6.07, 6.45) is 3.88. The number of thioether (sulfide) groups is 1.